The number of ether oxygens (including phenoxy) is 1. The summed E-state index contributed by atoms with van der Waals surface area (Å²) in [6.45, 7) is 21.1. The summed E-state index contributed by atoms with van der Waals surface area (Å²) in [5, 5.41) is 12.0. The predicted octanol–water partition coefficient (Wildman–Crippen LogP) is 8.04. The maximum absolute atomic E-state index is 12.0. The standard InChI is InChI=1S/C32H56O3/c1-20(2)11-10-12-21(3)23-15-18-31(8)24-13-14-26-29(5,6)27(35-22(4)33)16-17-30(26,7)28(24)25(34)19-32(23,31)9/h20-21,23-28,34H,10-19H2,1-9H3/t21-,23-,24-,25?,26+,27?,28-,30+,31+,32-/m1/s1. The van der Waals surface area contributed by atoms with Crippen molar-refractivity contribution in [3.63, 3.8) is 0 Å². The maximum Gasteiger partial charge on any atom is 0.302 e. The van der Waals surface area contributed by atoms with E-state index in [9.17, 15) is 9.90 Å². The van der Waals surface area contributed by atoms with E-state index in [-0.39, 0.29) is 34.4 Å². The molecule has 3 heteroatoms. The van der Waals surface area contributed by atoms with Crippen molar-refractivity contribution in [3.8, 4) is 0 Å². The Morgan fingerprint density at radius 1 is 0.943 bits per heavy atom. The Balaban J connectivity index is 1.59. The van der Waals surface area contributed by atoms with Crippen LogP contribution in [-0.4, -0.2) is 23.3 Å². The third kappa shape index (κ3) is 4.22. The molecule has 0 radical (unpaired) electrons. The minimum absolute atomic E-state index is 0.00115. The number of aliphatic hydroxyl groups is 1. The molecule has 4 rings (SSSR count). The lowest BCUT2D eigenvalue weighted by atomic mass is 9.37. The lowest BCUT2D eigenvalue weighted by Crippen LogP contribution is -2.65. The molecule has 0 bridgehead atoms. The zero-order chi connectivity index (χ0) is 26.0. The quantitative estimate of drug-likeness (QED) is 0.385. The number of aliphatic hydroxyl groups excluding tert-OH is 1. The average Bonchev–Trinajstić information content (AvgIpc) is 3.00. The van der Waals surface area contributed by atoms with E-state index in [0.29, 0.717) is 23.2 Å². The second kappa shape index (κ2) is 9.32. The Morgan fingerprint density at radius 3 is 2.26 bits per heavy atom. The Bertz CT molecular complexity index is 788. The van der Waals surface area contributed by atoms with Crippen molar-refractivity contribution in [2.24, 2.45) is 57.2 Å². The Labute approximate surface area is 216 Å². The number of hydrogen-bond acceptors (Lipinski definition) is 3. The molecule has 4 aliphatic rings. The molecule has 0 heterocycles. The Kier molecular flexibility index (Phi) is 7.31. The fourth-order valence-electron chi connectivity index (χ4n) is 11.0. The van der Waals surface area contributed by atoms with Crippen LogP contribution < -0.4 is 0 Å². The zero-order valence-electron chi connectivity index (χ0n) is 24.5. The Morgan fingerprint density at radius 2 is 1.63 bits per heavy atom. The summed E-state index contributed by atoms with van der Waals surface area (Å²) in [5.74, 6) is 3.58. The first kappa shape index (κ1) is 27.5. The second-order valence-corrected chi connectivity index (χ2v) is 15.3. The molecule has 0 saturated heterocycles. The van der Waals surface area contributed by atoms with Gasteiger partial charge in [-0.1, -0.05) is 74.7 Å². The molecule has 2 unspecified atom stereocenters. The fourth-order valence-corrected chi connectivity index (χ4v) is 11.0. The molecule has 35 heavy (non-hydrogen) atoms. The smallest absolute Gasteiger partial charge is 0.302 e. The van der Waals surface area contributed by atoms with E-state index < -0.39 is 0 Å². The molecular weight excluding hydrogens is 432 g/mol. The van der Waals surface area contributed by atoms with Crippen LogP contribution in [0.1, 0.15) is 127 Å². The molecule has 10 atom stereocenters. The van der Waals surface area contributed by atoms with E-state index in [0.717, 1.165) is 37.0 Å². The van der Waals surface area contributed by atoms with Crippen LogP contribution in [-0.2, 0) is 9.53 Å². The molecule has 0 aromatic carbocycles. The van der Waals surface area contributed by atoms with E-state index in [1.807, 2.05) is 0 Å². The van der Waals surface area contributed by atoms with Gasteiger partial charge >= 0.3 is 5.97 Å². The van der Waals surface area contributed by atoms with Crippen molar-refractivity contribution in [1.82, 2.24) is 0 Å². The van der Waals surface area contributed by atoms with Gasteiger partial charge in [0.15, 0.2) is 0 Å². The average molecular weight is 489 g/mol. The first-order chi connectivity index (χ1) is 16.2. The summed E-state index contributed by atoms with van der Waals surface area (Å²) in [7, 11) is 0. The van der Waals surface area contributed by atoms with Crippen LogP contribution in [0.3, 0.4) is 0 Å². The van der Waals surface area contributed by atoms with E-state index in [1.165, 1.54) is 44.9 Å². The summed E-state index contributed by atoms with van der Waals surface area (Å²) in [5.41, 5.74) is 0.624. The molecule has 0 spiro atoms. The molecule has 3 nitrogen and oxygen atoms in total. The number of fused-ring (bicyclic) bond motifs is 5. The fraction of sp³-hybridized carbons (Fsp3) is 0.969. The summed E-state index contributed by atoms with van der Waals surface area (Å²) in [6, 6.07) is 0. The Hall–Kier alpha value is -0.570. The van der Waals surface area contributed by atoms with E-state index in [1.54, 1.807) is 6.92 Å². The summed E-state index contributed by atoms with van der Waals surface area (Å²) < 4.78 is 5.85. The highest BCUT2D eigenvalue weighted by atomic mass is 16.5. The normalized spacial score (nSPS) is 47.5. The first-order valence-electron chi connectivity index (χ1n) is 15.0. The third-order valence-corrected chi connectivity index (χ3v) is 12.8. The van der Waals surface area contributed by atoms with Crippen LogP contribution in [0.25, 0.3) is 0 Å². The molecule has 4 aliphatic carbocycles. The molecule has 0 aromatic heterocycles. The highest BCUT2D eigenvalue weighted by Crippen LogP contribution is 2.74. The predicted molar refractivity (Wildman–Crippen MR) is 144 cm³/mol. The number of rotatable bonds is 6. The molecule has 4 saturated carbocycles. The first-order valence-corrected chi connectivity index (χ1v) is 15.0. The number of carbonyl (C=O) groups is 1. The topological polar surface area (TPSA) is 46.5 Å². The maximum atomic E-state index is 12.0. The third-order valence-electron chi connectivity index (χ3n) is 12.8. The van der Waals surface area contributed by atoms with E-state index in [2.05, 4.69) is 55.4 Å². The van der Waals surface area contributed by atoms with E-state index >= 15 is 0 Å². The molecule has 202 valence electrons. The second-order valence-electron chi connectivity index (χ2n) is 15.3. The van der Waals surface area contributed by atoms with Crippen LogP contribution in [0.5, 0.6) is 0 Å². The highest BCUT2D eigenvalue weighted by Gasteiger charge is 2.70. The van der Waals surface area contributed by atoms with Crippen molar-refractivity contribution < 1.29 is 14.6 Å². The summed E-state index contributed by atoms with van der Waals surface area (Å²) >= 11 is 0. The molecule has 4 fully saturated rings. The van der Waals surface area contributed by atoms with Crippen molar-refractivity contribution >= 4 is 5.97 Å². The van der Waals surface area contributed by atoms with Crippen molar-refractivity contribution in [3.05, 3.63) is 0 Å². The van der Waals surface area contributed by atoms with Gasteiger partial charge in [0.25, 0.3) is 0 Å². The zero-order valence-corrected chi connectivity index (χ0v) is 24.5. The largest absolute Gasteiger partial charge is 0.462 e. The van der Waals surface area contributed by atoms with Crippen molar-refractivity contribution in [2.75, 3.05) is 0 Å². The SMILES string of the molecule is CC(=O)OC1CC[C@]2(C)[C@H]3C(O)C[C@]4(C)[C@@H]([C@H](C)CCCC(C)C)CC[C@@]4(C)[C@@H]3CC[C@H]2C1(C)C. The van der Waals surface area contributed by atoms with E-state index in [4.69, 9.17) is 4.74 Å². The summed E-state index contributed by atoms with van der Waals surface area (Å²) in [4.78, 5) is 11.8. The van der Waals surface area contributed by atoms with Crippen LogP contribution in [0.4, 0.5) is 0 Å². The monoisotopic (exact) mass is 488 g/mol. The van der Waals surface area contributed by atoms with Crippen LogP contribution in [0.15, 0.2) is 0 Å². The number of esters is 1. The van der Waals surface area contributed by atoms with Gasteiger partial charge in [0.05, 0.1) is 6.10 Å². The van der Waals surface area contributed by atoms with Gasteiger partial charge < -0.3 is 9.84 Å². The van der Waals surface area contributed by atoms with Crippen molar-refractivity contribution in [1.29, 1.82) is 0 Å². The van der Waals surface area contributed by atoms with Crippen LogP contribution in [0, 0.1) is 57.2 Å². The minimum Gasteiger partial charge on any atom is -0.462 e. The van der Waals surface area contributed by atoms with Crippen LogP contribution >= 0.6 is 0 Å². The molecule has 0 amide bonds. The van der Waals surface area contributed by atoms with Crippen LogP contribution in [0.2, 0.25) is 0 Å². The molecular formula is C32H56O3. The lowest BCUT2D eigenvalue weighted by Gasteiger charge is -2.68. The highest BCUT2D eigenvalue weighted by molar-refractivity contribution is 5.66. The van der Waals surface area contributed by atoms with Gasteiger partial charge in [-0.3, -0.25) is 4.79 Å². The van der Waals surface area contributed by atoms with Gasteiger partial charge in [-0.2, -0.15) is 0 Å². The van der Waals surface area contributed by atoms with Gasteiger partial charge in [0.2, 0.25) is 0 Å². The minimum atomic E-state index is -0.213. The van der Waals surface area contributed by atoms with Gasteiger partial charge in [-0.15, -0.1) is 0 Å². The van der Waals surface area contributed by atoms with Gasteiger partial charge in [0.1, 0.15) is 6.10 Å². The lowest BCUT2D eigenvalue weighted by molar-refractivity contribution is -0.237. The number of hydrogen-bond donors (Lipinski definition) is 1. The molecule has 1 N–H and O–H groups in total. The van der Waals surface area contributed by atoms with Gasteiger partial charge in [0, 0.05) is 12.3 Å². The summed E-state index contributed by atoms with van der Waals surface area (Å²) in [6.07, 6.45) is 11.9. The van der Waals surface area contributed by atoms with Gasteiger partial charge in [-0.05, 0) is 96.7 Å². The molecule has 0 aromatic rings. The number of carbonyl (C=O) groups excluding carboxylic acids is 1. The molecule has 0 aliphatic heterocycles. The van der Waals surface area contributed by atoms with Crippen molar-refractivity contribution in [2.45, 2.75) is 139 Å². The van der Waals surface area contributed by atoms with Gasteiger partial charge in [-0.25, -0.2) is 0 Å².